The highest BCUT2D eigenvalue weighted by atomic mass is 35.5. The van der Waals surface area contributed by atoms with Crippen molar-refractivity contribution in [1.29, 1.82) is 0 Å². The van der Waals surface area contributed by atoms with Gasteiger partial charge in [0, 0.05) is 6.54 Å². The van der Waals surface area contributed by atoms with Gasteiger partial charge >= 0.3 is 0 Å². The lowest BCUT2D eigenvalue weighted by atomic mass is 10.4. The zero-order valence-electron chi connectivity index (χ0n) is 9.56. The van der Waals surface area contributed by atoms with E-state index in [0.29, 0.717) is 5.02 Å². The van der Waals surface area contributed by atoms with Gasteiger partial charge in [-0.05, 0) is 18.2 Å². The number of thiocarbonyl (C=S) groups is 1. The molecule has 0 aromatic heterocycles. The fourth-order valence-corrected chi connectivity index (χ4v) is 3.38. The molecule has 0 fully saturated rings. The molecule has 1 rings (SSSR count). The van der Waals surface area contributed by atoms with Gasteiger partial charge < -0.3 is 5.73 Å². The molecule has 1 aromatic carbocycles. The molecule has 2 N–H and O–H groups in total. The lowest BCUT2D eigenvalue weighted by molar-refractivity contribution is 0.468. The Kier molecular flexibility index (Phi) is 5.36. The lowest BCUT2D eigenvalue weighted by Crippen LogP contribution is -2.37. The summed E-state index contributed by atoms with van der Waals surface area (Å²) in [7, 11) is -3.66. The third-order valence-electron chi connectivity index (χ3n) is 2.21. The number of rotatable bonds is 5. The number of hydrogen-bond donors (Lipinski definition) is 1. The molecule has 4 nitrogen and oxygen atoms in total. The Balaban J connectivity index is 3.18. The van der Waals surface area contributed by atoms with Crippen LogP contribution in [0, 0.1) is 0 Å². The summed E-state index contributed by atoms with van der Waals surface area (Å²) in [5.74, 6) is 0. The molecule has 100 valence electrons. The summed E-state index contributed by atoms with van der Waals surface area (Å²) in [4.78, 5) is 0.176. The highest BCUT2D eigenvalue weighted by molar-refractivity contribution is 7.89. The molecule has 1 aromatic rings. The average Bonchev–Trinajstić information content (AvgIpc) is 2.28. The van der Waals surface area contributed by atoms with Crippen LogP contribution in [0.4, 0.5) is 0 Å². The Labute approximate surface area is 122 Å². The number of benzene rings is 1. The van der Waals surface area contributed by atoms with Gasteiger partial charge in [-0.25, -0.2) is 8.42 Å². The van der Waals surface area contributed by atoms with Crippen LogP contribution < -0.4 is 5.73 Å². The summed E-state index contributed by atoms with van der Waals surface area (Å²) in [5.41, 5.74) is 5.38. The Morgan fingerprint density at radius 1 is 1.39 bits per heavy atom. The fraction of sp³-hybridized carbons (Fsp3) is 0.300. The van der Waals surface area contributed by atoms with Crippen LogP contribution in [-0.2, 0) is 10.0 Å². The predicted octanol–water partition coefficient (Wildman–Crippen LogP) is 2.29. The van der Waals surface area contributed by atoms with Crippen LogP contribution in [0.5, 0.6) is 0 Å². The van der Waals surface area contributed by atoms with Crippen LogP contribution in [0.1, 0.15) is 6.92 Å². The second kappa shape index (κ2) is 6.16. The van der Waals surface area contributed by atoms with E-state index in [1.54, 1.807) is 6.92 Å². The minimum Gasteiger partial charge on any atom is -0.392 e. The summed E-state index contributed by atoms with van der Waals surface area (Å²) in [6, 6.07) is 4.14. The number of hydrogen-bond acceptors (Lipinski definition) is 3. The zero-order chi connectivity index (χ0) is 13.9. The molecule has 0 aliphatic heterocycles. The second-order valence-electron chi connectivity index (χ2n) is 3.47. The number of nitrogens with zero attached hydrogens (tertiary/aromatic N) is 1. The molecule has 0 amide bonds. The SMILES string of the molecule is CCN(CC(N)=S)S(=O)(=O)c1ccc(Cl)c(Cl)c1. The van der Waals surface area contributed by atoms with E-state index in [9.17, 15) is 8.42 Å². The molecule has 8 heteroatoms. The summed E-state index contributed by atoms with van der Waals surface area (Å²) in [6.07, 6.45) is 0. The van der Waals surface area contributed by atoms with E-state index in [4.69, 9.17) is 41.2 Å². The van der Waals surface area contributed by atoms with Crippen molar-refractivity contribution in [2.24, 2.45) is 5.73 Å². The van der Waals surface area contributed by atoms with Crippen LogP contribution in [0.3, 0.4) is 0 Å². The Bertz CT molecular complexity index is 561. The second-order valence-corrected chi connectivity index (χ2v) is 6.75. The van der Waals surface area contributed by atoms with Gasteiger partial charge in [-0.2, -0.15) is 4.31 Å². The van der Waals surface area contributed by atoms with E-state index in [2.05, 4.69) is 0 Å². The summed E-state index contributed by atoms with van der Waals surface area (Å²) in [6.45, 7) is 1.96. The highest BCUT2D eigenvalue weighted by Crippen LogP contribution is 2.26. The van der Waals surface area contributed by atoms with Gasteiger partial charge in [0.1, 0.15) is 0 Å². The van der Waals surface area contributed by atoms with E-state index in [0.717, 1.165) is 0 Å². The van der Waals surface area contributed by atoms with Crippen LogP contribution in [0.25, 0.3) is 0 Å². The molecule has 0 bridgehead atoms. The van der Waals surface area contributed by atoms with E-state index in [-0.39, 0.29) is 28.0 Å². The van der Waals surface area contributed by atoms with Crippen LogP contribution in [0.2, 0.25) is 10.0 Å². The Morgan fingerprint density at radius 2 is 2.00 bits per heavy atom. The van der Waals surface area contributed by atoms with Gasteiger partial charge in [0.2, 0.25) is 10.0 Å². The molecule has 0 atom stereocenters. The maximum Gasteiger partial charge on any atom is 0.243 e. The van der Waals surface area contributed by atoms with Gasteiger partial charge in [0.15, 0.2) is 0 Å². The quantitative estimate of drug-likeness (QED) is 0.843. The predicted molar refractivity (Wildman–Crippen MR) is 77.7 cm³/mol. The summed E-state index contributed by atoms with van der Waals surface area (Å²) < 4.78 is 25.7. The fourth-order valence-electron chi connectivity index (χ4n) is 1.33. The van der Waals surface area contributed by atoms with Gasteiger partial charge in [0.25, 0.3) is 0 Å². The smallest absolute Gasteiger partial charge is 0.243 e. The molecule has 18 heavy (non-hydrogen) atoms. The van der Waals surface area contributed by atoms with Crippen LogP contribution in [-0.4, -0.2) is 30.8 Å². The standard InChI is InChI=1S/C10H12Cl2N2O2S2/c1-2-14(6-10(13)17)18(15,16)7-3-4-8(11)9(12)5-7/h3-5H,2,6H2,1H3,(H2,13,17). The molecule has 0 spiro atoms. The van der Waals surface area contributed by atoms with Crippen molar-refractivity contribution in [2.75, 3.05) is 13.1 Å². The van der Waals surface area contributed by atoms with Crippen molar-refractivity contribution in [3.05, 3.63) is 28.2 Å². The number of halogens is 2. The normalized spacial score (nSPS) is 11.8. The van der Waals surface area contributed by atoms with Crippen molar-refractivity contribution in [3.63, 3.8) is 0 Å². The maximum atomic E-state index is 12.3. The first kappa shape index (κ1) is 15.7. The molecular weight excluding hydrogens is 315 g/mol. The molecule has 0 aliphatic rings. The first-order valence-corrected chi connectivity index (χ1v) is 7.63. The minimum absolute atomic E-state index is 0.00554. The minimum atomic E-state index is -3.66. The molecule has 0 aliphatic carbocycles. The van der Waals surface area contributed by atoms with E-state index >= 15 is 0 Å². The maximum absolute atomic E-state index is 12.3. The van der Waals surface area contributed by atoms with Crippen molar-refractivity contribution in [2.45, 2.75) is 11.8 Å². The van der Waals surface area contributed by atoms with Gasteiger partial charge in [-0.1, -0.05) is 42.3 Å². The van der Waals surface area contributed by atoms with E-state index in [1.807, 2.05) is 0 Å². The Morgan fingerprint density at radius 3 is 2.44 bits per heavy atom. The molecule has 0 saturated carbocycles. The van der Waals surface area contributed by atoms with Crippen LogP contribution in [0.15, 0.2) is 23.1 Å². The monoisotopic (exact) mass is 326 g/mol. The van der Waals surface area contributed by atoms with Crippen molar-refractivity contribution < 1.29 is 8.42 Å². The Hall–Kier alpha value is -0.400. The van der Waals surface area contributed by atoms with Gasteiger partial charge in [0.05, 0.1) is 26.5 Å². The first-order valence-electron chi connectivity index (χ1n) is 5.02. The molecule has 0 unspecified atom stereocenters. The number of nitrogens with two attached hydrogens (primary N) is 1. The molecule has 0 saturated heterocycles. The van der Waals surface area contributed by atoms with Crippen LogP contribution >= 0.6 is 35.4 Å². The highest BCUT2D eigenvalue weighted by Gasteiger charge is 2.24. The van der Waals surface area contributed by atoms with Crippen molar-refractivity contribution in [3.8, 4) is 0 Å². The van der Waals surface area contributed by atoms with E-state index < -0.39 is 10.0 Å². The van der Waals surface area contributed by atoms with Crippen molar-refractivity contribution >= 4 is 50.4 Å². The molecule has 0 radical (unpaired) electrons. The molecular formula is C10H12Cl2N2O2S2. The third-order valence-corrected chi connectivity index (χ3v) is 5.00. The summed E-state index contributed by atoms with van der Waals surface area (Å²) >= 11 is 16.3. The number of likely N-dealkylation sites (N-methyl/N-ethyl adjacent to an activating group) is 1. The van der Waals surface area contributed by atoms with E-state index in [1.165, 1.54) is 22.5 Å². The largest absolute Gasteiger partial charge is 0.392 e. The van der Waals surface area contributed by atoms with Gasteiger partial charge in [-0.15, -0.1) is 0 Å². The summed E-state index contributed by atoms with van der Waals surface area (Å²) in [5, 5.41) is 0.483. The first-order chi connectivity index (χ1) is 8.28. The number of sulfonamides is 1. The molecule has 0 heterocycles. The lowest BCUT2D eigenvalue weighted by Gasteiger charge is -2.19. The topological polar surface area (TPSA) is 63.4 Å². The van der Waals surface area contributed by atoms with Gasteiger partial charge in [-0.3, -0.25) is 0 Å². The zero-order valence-corrected chi connectivity index (χ0v) is 12.7. The van der Waals surface area contributed by atoms with Crippen molar-refractivity contribution in [1.82, 2.24) is 4.31 Å². The average molecular weight is 327 g/mol. The third kappa shape index (κ3) is 3.55.